The average molecular weight is 426 g/mol. The van der Waals surface area contributed by atoms with Gasteiger partial charge in [0.2, 0.25) is 5.95 Å². The summed E-state index contributed by atoms with van der Waals surface area (Å²) in [6.45, 7) is 0.273. The Kier molecular flexibility index (Phi) is 6.27. The van der Waals surface area contributed by atoms with Gasteiger partial charge in [0.1, 0.15) is 18.1 Å². The lowest BCUT2D eigenvalue weighted by atomic mass is 10.1. The van der Waals surface area contributed by atoms with Crippen molar-refractivity contribution in [2.24, 2.45) is 5.73 Å². The van der Waals surface area contributed by atoms with E-state index in [0.29, 0.717) is 17.4 Å². The molecule has 0 spiro atoms. The number of methoxy groups -OCH3 is 1. The molecule has 0 aliphatic heterocycles. The third-order valence-electron chi connectivity index (χ3n) is 4.75. The number of hydrogen-bond acceptors (Lipinski definition) is 6. The van der Waals surface area contributed by atoms with E-state index in [-0.39, 0.29) is 12.2 Å². The van der Waals surface area contributed by atoms with E-state index in [0.717, 1.165) is 22.6 Å². The van der Waals surface area contributed by atoms with E-state index in [9.17, 15) is 4.79 Å². The van der Waals surface area contributed by atoms with Crippen molar-refractivity contribution in [3.63, 3.8) is 0 Å². The van der Waals surface area contributed by atoms with Gasteiger partial charge >= 0.3 is 0 Å². The van der Waals surface area contributed by atoms with Crippen molar-refractivity contribution in [1.82, 2.24) is 9.97 Å². The number of rotatable bonds is 8. The average Bonchev–Trinajstić information content (AvgIpc) is 2.83. The summed E-state index contributed by atoms with van der Waals surface area (Å²) >= 11 is 0. The van der Waals surface area contributed by atoms with Crippen molar-refractivity contribution in [3.8, 4) is 22.8 Å². The molecule has 32 heavy (non-hydrogen) atoms. The Bertz CT molecular complexity index is 1230. The van der Waals surface area contributed by atoms with Gasteiger partial charge in [-0.2, -0.15) is 0 Å². The van der Waals surface area contributed by atoms with E-state index < -0.39 is 5.91 Å². The predicted molar refractivity (Wildman–Crippen MR) is 123 cm³/mol. The number of carbonyl (C=O) groups excluding carboxylic acids is 1. The molecule has 0 bridgehead atoms. The molecule has 4 aromatic rings. The van der Waals surface area contributed by atoms with Crippen LogP contribution in [0.25, 0.3) is 11.3 Å². The highest BCUT2D eigenvalue weighted by Crippen LogP contribution is 2.27. The summed E-state index contributed by atoms with van der Waals surface area (Å²) in [6.07, 6.45) is 1.66. The lowest BCUT2D eigenvalue weighted by Crippen LogP contribution is -2.13. The fourth-order valence-corrected chi connectivity index (χ4v) is 3.16. The highest BCUT2D eigenvalue weighted by Gasteiger charge is 2.13. The van der Waals surface area contributed by atoms with Crippen molar-refractivity contribution in [1.29, 1.82) is 0 Å². The summed E-state index contributed by atoms with van der Waals surface area (Å²) in [6, 6.07) is 24.2. The Morgan fingerprint density at radius 2 is 1.84 bits per heavy atom. The van der Waals surface area contributed by atoms with Crippen LogP contribution in [0.4, 0.5) is 11.6 Å². The second-order valence-corrected chi connectivity index (χ2v) is 6.97. The molecule has 7 nitrogen and oxygen atoms in total. The number of para-hydroxylation sites is 1. The van der Waals surface area contributed by atoms with Crippen LogP contribution in [0, 0.1) is 0 Å². The number of amides is 1. The minimum absolute atomic E-state index is 0.273. The summed E-state index contributed by atoms with van der Waals surface area (Å²) in [5.74, 6) is 1.01. The number of anilines is 2. The molecule has 0 atom stereocenters. The Morgan fingerprint density at radius 3 is 2.62 bits per heavy atom. The van der Waals surface area contributed by atoms with Gasteiger partial charge in [-0.05, 0) is 54.1 Å². The van der Waals surface area contributed by atoms with Gasteiger partial charge in [0.05, 0.1) is 18.4 Å². The molecular weight excluding hydrogens is 404 g/mol. The molecule has 160 valence electrons. The van der Waals surface area contributed by atoms with Crippen LogP contribution >= 0.6 is 0 Å². The molecule has 1 heterocycles. The van der Waals surface area contributed by atoms with Crippen LogP contribution in [-0.2, 0) is 6.61 Å². The van der Waals surface area contributed by atoms with Gasteiger partial charge in [0.25, 0.3) is 5.91 Å². The summed E-state index contributed by atoms with van der Waals surface area (Å²) < 4.78 is 11.1. The third-order valence-corrected chi connectivity index (χ3v) is 4.75. The van der Waals surface area contributed by atoms with Crippen LogP contribution in [0.3, 0.4) is 0 Å². The number of nitrogens with zero attached hydrogens (tertiary/aromatic N) is 2. The zero-order valence-electron chi connectivity index (χ0n) is 17.5. The van der Waals surface area contributed by atoms with Gasteiger partial charge in [-0.1, -0.05) is 30.3 Å². The summed E-state index contributed by atoms with van der Waals surface area (Å²) in [5, 5.41) is 3.16. The second kappa shape index (κ2) is 9.61. The van der Waals surface area contributed by atoms with Gasteiger partial charge < -0.3 is 20.5 Å². The molecule has 0 radical (unpaired) electrons. The van der Waals surface area contributed by atoms with Crippen LogP contribution in [0.5, 0.6) is 11.5 Å². The Morgan fingerprint density at radius 1 is 1.00 bits per heavy atom. The fraction of sp³-hybridized carbons (Fsp3) is 0.0800. The molecule has 0 aliphatic rings. The number of primary amides is 1. The summed E-state index contributed by atoms with van der Waals surface area (Å²) in [7, 11) is 1.61. The Balaban J connectivity index is 1.56. The van der Waals surface area contributed by atoms with Gasteiger partial charge in [-0.3, -0.25) is 4.79 Å². The van der Waals surface area contributed by atoms with Crippen LogP contribution in [0.1, 0.15) is 15.9 Å². The minimum atomic E-state index is -0.579. The smallest absolute Gasteiger partial charge is 0.252 e. The lowest BCUT2D eigenvalue weighted by Gasteiger charge is -2.12. The first-order valence-electron chi connectivity index (χ1n) is 9.97. The van der Waals surface area contributed by atoms with Gasteiger partial charge in [-0.15, -0.1) is 0 Å². The molecule has 1 aromatic heterocycles. The number of carbonyl (C=O) groups is 1. The molecule has 3 aromatic carbocycles. The molecule has 0 aliphatic carbocycles. The predicted octanol–water partition coefficient (Wildman–Crippen LogP) is 4.57. The SMILES string of the molecule is COc1cccc(COc2ccc(-c3ccnc(Nc4ccccc4)n3)cc2C(N)=O)c1. The van der Waals surface area contributed by atoms with E-state index in [1.54, 1.807) is 31.5 Å². The molecule has 4 rings (SSSR count). The molecule has 3 N–H and O–H groups in total. The van der Waals surface area contributed by atoms with Crippen LogP contribution in [-0.4, -0.2) is 23.0 Å². The number of benzene rings is 3. The Hall–Kier alpha value is -4.39. The van der Waals surface area contributed by atoms with E-state index >= 15 is 0 Å². The van der Waals surface area contributed by atoms with Crippen molar-refractivity contribution in [3.05, 3.63) is 96.2 Å². The lowest BCUT2D eigenvalue weighted by molar-refractivity contribution is 0.0996. The highest BCUT2D eigenvalue weighted by atomic mass is 16.5. The van der Waals surface area contributed by atoms with Crippen LogP contribution < -0.4 is 20.5 Å². The maximum atomic E-state index is 12.1. The molecule has 0 saturated heterocycles. The second-order valence-electron chi connectivity index (χ2n) is 6.97. The minimum Gasteiger partial charge on any atom is -0.497 e. The van der Waals surface area contributed by atoms with Crippen molar-refractivity contribution in [2.45, 2.75) is 6.61 Å². The first-order chi connectivity index (χ1) is 15.6. The maximum absolute atomic E-state index is 12.1. The summed E-state index contributed by atoms with van der Waals surface area (Å²) in [4.78, 5) is 20.9. The largest absolute Gasteiger partial charge is 0.497 e. The molecular formula is C25H22N4O3. The van der Waals surface area contributed by atoms with Crippen molar-refractivity contribution < 1.29 is 14.3 Å². The third kappa shape index (κ3) is 5.02. The van der Waals surface area contributed by atoms with Crippen LogP contribution in [0.2, 0.25) is 0 Å². The van der Waals surface area contributed by atoms with E-state index in [4.69, 9.17) is 15.2 Å². The molecule has 7 heteroatoms. The number of nitrogens with one attached hydrogen (secondary N) is 1. The monoisotopic (exact) mass is 426 g/mol. The molecule has 1 amide bonds. The zero-order chi connectivity index (χ0) is 22.3. The first-order valence-corrected chi connectivity index (χ1v) is 9.97. The fourth-order valence-electron chi connectivity index (χ4n) is 3.16. The molecule has 0 saturated carbocycles. The van der Waals surface area contributed by atoms with E-state index in [1.807, 2.05) is 60.7 Å². The number of aromatic nitrogens is 2. The Labute approximate surface area is 185 Å². The first kappa shape index (κ1) is 20.9. The van der Waals surface area contributed by atoms with Crippen molar-refractivity contribution >= 4 is 17.5 Å². The van der Waals surface area contributed by atoms with Crippen LogP contribution in [0.15, 0.2) is 85.1 Å². The number of ether oxygens (including phenoxy) is 2. The normalized spacial score (nSPS) is 10.4. The molecule has 0 unspecified atom stereocenters. The summed E-state index contributed by atoms with van der Waals surface area (Å²) in [5.41, 5.74) is 9.08. The quantitative estimate of drug-likeness (QED) is 0.428. The van der Waals surface area contributed by atoms with Gasteiger partial charge in [-0.25, -0.2) is 9.97 Å². The highest BCUT2D eigenvalue weighted by molar-refractivity contribution is 5.97. The standard InChI is InChI=1S/C25H22N4O3/c1-31-20-9-5-6-17(14-20)16-32-23-11-10-18(15-21(23)24(26)30)22-12-13-27-25(29-22)28-19-7-3-2-4-8-19/h2-15H,16H2,1H3,(H2,26,30)(H,27,28,29). The topological polar surface area (TPSA) is 99.4 Å². The van der Waals surface area contributed by atoms with Crippen molar-refractivity contribution in [2.75, 3.05) is 12.4 Å². The number of nitrogens with two attached hydrogens (primary N) is 1. The van der Waals surface area contributed by atoms with Gasteiger partial charge in [0, 0.05) is 17.4 Å². The van der Waals surface area contributed by atoms with E-state index in [2.05, 4.69) is 15.3 Å². The van der Waals surface area contributed by atoms with E-state index in [1.165, 1.54) is 0 Å². The molecule has 0 fully saturated rings. The zero-order valence-corrected chi connectivity index (χ0v) is 17.5. The number of hydrogen-bond donors (Lipinski definition) is 2. The van der Waals surface area contributed by atoms with Gasteiger partial charge in [0.15, 0.2) is 0 Å². The maximum Gasteiger partial charge on any atom is 0.252 e.